The maximum atomic E-state index is 5.52. The van der Waals surface area contributed by atoms with E-state index < -0.39 is 0 Å². The van der Waals surface area contributed by atoms with E-state index in [0.717, 1.165) is 11.3 Å². The van der Waals surface area contributed by atoms with Crippen molar-refractivity contribution in [2.75, 3.05) is 0 Å². The van der Waals surface area contributed by atoms with Gasteiger partial charge >= 0.3 is 0 Å². The summed E-state index contributed by atoms with van der Waals surface area (Å²) in [6.07, 6.45) is 3.57. The van der Waals surface area contributed by atoms with Crippen LogP contribution in [0, 0.1) is 19.6 Å². The third kappa shape index (κ3) is 3.11. The Morgan fingerprint density at radius 3 is 2.59 bits per heavy atom. The Morgan fingerprint density at radius 2 is 1.94 bits per heavy atom. The minimum atomic E-state index is 0. The largest absolute Gasteiger partial charge is 0.344 e. The molecule has 2 aromatic rings. The molecule has 0 N–H and O–H groups in total. The van der Waals surface area contributed by atoms with Gasteiger partial charge in [-0.05, 0) is 12.5 Å². The van der Waals surface area contributed by atoms with Gasteiger partial charge in [0.25, 0.3) is 0 Å². The SMILES string of the molecule is [CH-]=Cc1[c-]c(-c2ccccc2C)[n+](C)cc1.[Y]. The van der Waals surface area contributed by atoms with Crippen LogP contribution in [0.25, 0.3) is 17.3 Å². The fourth-order valence-corrected chi connectivity index (χ4v) is 1.73. The molecule has 1 heterocycles. The summed E-state index contributed by atoms with van der Waals surface area (Å²) in [6.45, 7) is 7.62. The third-order valence-electron chi connectivity index (χ3n) is 2.67. The second-order valence-corrected chi connectivity index (χ2v) is 3.84. The van der Waals surface area contributed by atoms with Gasteiger partial charge in [0, 0.05) is 32.7 Å². The van der Waals surface area contributed by atoms with Crippen LogP contribution in [0.15, 0.2) is 36.5 Å². The summed E-state index contributed by atoms with van der Waals surface area (Å²) in [6, 6.07) is 13.5. The number of pyridine rings is 1. The smallest absolute Gasteiger partial charge is 0.136 e. The average molecular weight is 297 g/mol. The second-order valence-electron chi connectivity index (χ2n) is 3.84. The normalized spacial score (nSPS) is 9.53. The van der Waals surface area contributed by atoms with Crippen LogP contribution >= 0.6 is 0 Å². The quantitative estimate of drug-likeness (QED) is 0.593. The molecule has 1 nitrogen and oxygen atoms in total. The predicted octanol–water partition coefficient (Wildman–Crippen LogP) is 2.73. The standard InChI is InChI=1S/C15H14N.Y/c1-4-13-9-10-16(3)15(11-13)14-8-6-5-7-12(14)2;/h1,4-10H,2-3H3;/q-1;. The maximum Gasteiger partial charge on any atom is 0.136 e. The zero-order valence-corrected chi connectivity index (χ0v) is 13.0. The van der Waals surface area contributed by atoms with Crippen molar-refractivity contribution in [2.24, 2.45) is 7.05 Å². The van der Waals surface area contributed by atoms with Crippen LogP contribution in [-0.2, 0) is 39.8 Å². The molecular formula is C15H14NY-. The Kier molecular flexibility index (Phi) is 5.23. The fraction of sp³-hybridized carbons (Fsp3) is 0.133. The van der Waals surface area contributed by atoms with E-state index in [4.69, 9.17) is 6.58 Å². The molecule has 0 fully saturated rings. The molecule has 0 aliphatic carbocycles. The minimum Gasteiger partial charge on any atom is -0.344 e. The molecule has 0 saturated carbocycles. The minimum absolute atomic E-state index is 0. The first kappa shape index (κ1) is 14.3. The molecule has 83 valence electrons. The predicted molar refractivity (Wildman–Crippen MR) is 65.4 cm³/mol. The van der Waals surface area contributed by atoms with E-state index in [-0.39, 0.29) is 32.7 Å². The van der Waals surface area contributed by atoms with Crippen molar-refractivity contribution in [2.45, 2.75) is 6.92 Å². The van der Waals surface area contributed by atoms with E-state index in [2.05, 4.69) is 29.7 Å². The van der Waals surface area contributed by atoms with Gasteiger partial charge in [0.1, 0.15) is 18.9 Å². The summed E-state index contributed by atoms with van der Waals surface area (Å²) < 4.78 is 2.05. The van der Waals surface area contributed by atoms with E-state index in [9.17, 15) is 0 Å². The van der Waals surface area contributed by atoms with Gasteiger partial charge in [-0.3, -0.25) is 5.56 Å². The van der Waals surface area contributed by atoms with Crippen molar-refractivity contribution in [1.29, 1.82) is 0 Å². The molecule has 17 heavy (non-hydrogen) atoms. The third-order valence-corrected chi connectivity index (χ3v) is 2.67. The Labute approximate surface area is 128 Å². The molecule has 1 radical (unpaired) electrons. The van der Waals surface area contributed by atoms with Gasteiger partial charge in [-0.15, -0.1) is 0 Å². The Morgan fingerprint density at radius 1 is 1.24 bits per heavy atom. The average Bonchev–Trinajstić information content (AvgIpc) is 2.31. The van der Waals surface area contributed by atoms with E-state index in [1.807, 2.05) is 31.4 Å². The summed E-state index contributed by atoms with van der Waals surface area (Å²) in [5.74, 6) is 0. The topological polar surface area (TPSA) is 3.88 Å². The number of nitrogens with zero attached hydrogens (tertiary/aromatic N) is 1. The summed E-state index contributed by atoms with van der Waals surface area (Å²) in [5.41, 5.74) is 4.39. The van der Waals surface area contributed by atoms with Crippen molar-refractivity contribution in [3.8, 4) is 11.3 Å². The molecule has 0 saturated heterocycles. The summed E-state index contributed by atoms with van der Waals surface area (Å²) in [4.78, 5) is 0. The van der Waals surface area contributed by atoms with Crippen LogP contribution in [0.4, 0.5) is 0 Å². The van der Waals surface area contributed by atoms with Gasteiger partial charge in [-0.25, -0.2) is 4.57 Å². The number of hydrogen-bond acceptors (Lipinski definition) is 0. The zero-order chi connectivity index (χ0) is 11.5. The Bertz CT molecular complexity index is 532. The van der Waals surface area contributed by atoms with Crippen molar-refractivity contribution in [1.82, 2.24) is 0 Å². The fourth-order valence-electron chi connectivity index (χ4n) is 1.73. The number of rotatable bonds is 2. The summed E-state index contributed by atoms with van der Waals surface area (Å²) in [7, 11) is 2.01. The van der Waals surface area contributed by atoms with E-state index in [1.165, 1.54) is 11.1 Å². The first-order valence-electron chi connectivity index (χ1n) is 5.25. The van der Waals surface area contributed by atoms with E-state index in [1.54, 1.807) is 6.08 Å². The Hall–Kier alpha value is -0.786. The van der Waals surface area contributed by atoms with Crippen molar-refractivity contribution >= 4 is 6.08 Å². The van der Waals surface area contributed by atoms with Crippen molar-refractivity contribution < 1.29 is 37.3 Å². The van der Waals surface area contributed by atoms with Crippen LogP contribution in [0.5, 0.6) is 0 Å². The molecule has 0 spiro atoms. The van der Waals surface area contributed by atoms with E-state index >= 15 is 0 Å². The molecule has 0 atom stereocenters. The first-order chi connectivity index (χ1) is 7.72. The molecule has 0 amide bonds. The van der Waals surface area contributed by atoms with Crippen LogP contribution in [0.2, 0.25) is 0 Å². The van der Waals surface area contributed by atoms with Crippen molar-refractivity contribution in [3.05, 3.63) is 60.3 Å². The molecule has 2 heteroatoms. The number of aryl methyl sites for hydroxylation is 2. The number of aromatic nitrogens is 1. The van der Waals surface area contributed by atoms with Gasteiger partial charge in [-0.2, -0.15) is 12.1 Å². The molecule has 0 unspecified atom stereocenters. The summed E-state index contributed by atoms with van der Waals surface area (Å²) >= 11 is 0. The van der Waals surface area contributed by atoms with Gasteiger partial charge in [0.15, 0.2) is 0 Å². The molecule has 0 aliphatic rings. The second kappa shape index (κ2) is 6.23. The van der Waals surface area contributed by atoms with Crippen molar-refractivity contribution in [3.63, 3.8) is 0 Å². The van der Waals surface area contributed by atoms with Crippen LogP contribution in [0.3, 0.4) is 0 Å². The zero-order valence-electron chi connectivity index (χ0n) is 10.1. The number of hydrogen-bond donors (Lipinski definition) is 0. The molecule has 2 rings (SSSR count). The molecule has 1 aromatic heterocycles. The summed E-state index contributed by atoms with van der Waals surface area (Å²) in [5, 5.41) is 0. The maximum absolute atomic E-state index is 5.52. The van der Waals surface area contributed by atoms with Crippen LogP contribution in [-0.4, -0.2) is 0 Å². The first-order valence-corrected chi connectivity index (χ1v) is 5.25. The van der Waals surface area contributed by atoms with Gasteiger partial charge in [0.05, 0.1) is 0 Å². The Balaban J connectivity index is 0.00000144. The monoisotopic (exact) mass is 297 g/mol. The molecule has 0 bridgehead atoms. The van der Waals surface area contributed by atoms with Gasteiger partial charge in [0.2, 0.25) is 0 Å². The van der Waals surface area contributed by atoms with Gasteiger partial charge in [-0.1, -0.05) is 29.8 Å². The number of benzene rings is 1. The van der Waals surface area contributed by atoms with Crippen LogP contribution in [0.1, 0.15) is 11.1 Å². The van der Waals surface area contributed by atoms with Gasteiger partial charge < -0.3 is 12.7 Å². The molecular weight excluding hydrogens is 283 g/mol. The molecule has 0 aliphatic heterocycles. The van der Waals surface area contributed by atoms with Crippen LogP contribution < -0.4 is 4.57 Å². The molecule has 1 aromatic carbocycles. The van der Waals surface area contributed by atoms with E-state index in [0.29, 0.717) is 0 Å².